The minimum atomic E-state index is -0.284. The smallest absolute Gasteiger partial charge is 0.330 e. The molecule has 2 aliphatic rings. The van der Waals surface area contributed by atoms with Crippen LogP contribution >= 0.6 is 0 Å². The van der Waals surface area contributed by atoms with Gasteiger partial charge in [-0.05, 0) is 18.1 Å². The third kappa shape index (κ3) is 1.90. The molecule has 0 aliphatic carbocycles. The summed E-state index contributed by atoms with van der Waals surface area (Å²) in [5.74, 6) is -0.284. The zero-order valence-electron chi connectivity index (χ0n) is 8.79. The molecule has 1 N–H and O–H groups in total. The molecule has 0 aromatic carbocycles. The Hall–Kier alpha value is -1.29. The Morgan fingerprint density at radius 2 is 2.60 bits per heavy atom. The first kappa shape index (κ1) is 10.2. The summed E-state index contributed by atoms with van der Waals surface area (Å²) < 4.78 is 9.83. The van der Waals surface area contributed by atoms with Gasteiger partial charge in [-0.1, -0.05) is 0 Å². The van der Waals surface area contributed by atoms with Crippen LogP contribution < -0.4 is 5.32 Å². The molecule has 15 heavy (non-hydrogen) atoms. The first-order valence-electron chi connectivity index (χ1n) is 5.06. The van der Waals surface area contributed by atoms with Crippen LogP contribution in [0.1, 0.15) is 6.42 Å². The fourth-order valence-corrected chi connectivity index (χ4v) is 2.09. The molecule has 0 amide bonds. The Kier molecular flexibility index (Phi) is 2.77. The van der Waals surface area contributed by atoms with Crippen LogP contribution in [0.15, 0.2) is 24.0 Å². The Morgan fingerprint density at radius 3 is 3.27 bits per heavy atom. The monoisotopic (exact) mass is 209 g/mol. The van der Waals surface area contributed by atoms with Crippen LogP contribution in [0.3, 0.4) is 0 Å². The van der Waals surface area contributed by atoms with E-state index in [-0.39, 0.29) is 11.4 Å². The summed E-state index contributed by atoms with van der Waals surface area (Å²) in [6.07, 6.45) is 6.27. The number of carbonyl (C=O) groups excluding carboxylic acids is 1. The van der Waals surface area contributed by atoms with E-state index >= 15 is 0 Å². The summed E-state index contributed by atoms with van der Waals surface area (Å²) in [4.78, 5) is 11.2. The molecule has 0 aromatic heterocycles. The molecule has 2 rings (SSSR count). The molecule has 1 saturated heterocycles. The maximum Gasteiger partial charge on any atom is 0.330 e. The van der Waals surface area contributed by atoms with Crippen molar-refractivity contribution < 1.29 is 14.3 Å². The Bertz CT molecular complexity index is 322. The summed E-state index contributed by atoms with van der Waals surface area (Å²) >= 11 is 0. The van der Waals surface area contributed by atoms with Crippen molar-refractivity contribution in [3.63, 3.8) is 0 Å². The Morgan fingerprint density at radius 1 is 1.73 bits per heavy atom. The molecule has 2 aliphatic heterocycles. The zero-order chi connectivity index (χ0) is 10.7. The molecule has 1 spiro atoms. The zero-order valence-corrected chi connectivity index (χ0v) is 8.79. The Balaban J connectivity index is 2.24. The van der Waals surface area contributed by atoms with Gasteiger partial charge in [0, 0.05) is 24.6 Å². The molecular formula is C11H15NO3. The van der Waals surface area contributed by atoms with Gasteiger partial charge in [-0.25, -0.2) is 4.79 Å². The third-order valence-corrected chi connectivity index (χ3v) is 3.04. The normalized spacial score (nSPS) is 31.9. The van der Waals surface area contributed by atoms with E-state index in [1.165, 1.54) is 7.11 Å². The molecule has 82 valence electrons. The van der Waals surface area contributed by atoms with Gasteiger partial charge in [-0.3, -0.25) is 0 Å². The largest absolute Gasteiger partial charge is 0.501 e. The molecular weight excluding hydrogens is 194 g/mol. The average molecular weight is 209 g/mol. The lowest BCUT2D eigenvalue weighted by Gasteiger charge is -2.29. The van der Waals surface area contributed by atoms with Gasteiger partial charge in [0.25, 0.3) is 0 Å². The lowest BCUT2D eigenvalue weighted by Crippen LogP contribution is -2.27. The predicted octanol–water partition coefficient (Wildman–Crippen LogP) is 0.609. The van der Waals surface area contributed by atoms with Crippen LogP contribution in [0.5, 0.6) is 0 Å². The van der Waals surface area contributed by atoms with Gasteiger partial charge in [0.1, 0.15) is 0 Å². The standard InChI is InChI=1S/C11H15NO3/c1-14-10(13)6-9-7-12-8-11(9)2-4-15-5-3-11/h2,4,6,12H,3,5,7-8H2,1H3/b9-6+/t11-/m1/s1. The van der Waals surface area contributed by atoms with E-state index in [0.717, 1.165) is 25.1 Å². The van der Waals surface area contributed by atoms with Crippen LogP contribution in [0.2, 0.25) is 0 Å². The van der Waals surface area contributed by atoms with Crippen LogP contribution in [0, 0.1) is 5.41 Å². The van der Waals surface area contributed by atoms with Crippen LogP contribution in [0.25, 0.3) is 0 Å². The fraction of sp³-hybridized carbons (Fsp3) is 0.545. The first-order valence-corrected chi connectivity index (χ1v) is 5.06. The van der Waals surface area contributed by atoms with E-state index in [0.29, 0.717) is 6.61 Å². The number of methoxy groups -OCH3 is 1. The van der Waals surface area contributed by atoms with Gasteiger partial charge < -0.3 is 14.8 Å². The second kappa shape index (κ2) is 4.06. The molecule has 4 nitrogen and oxygen atoms in total. The number of esters is 1. The van der Waals surface area contributed by atoms with Crippen molar-refractivity contribution in [2.45, 2.75) is 6.42 Å². The molecule has 0 saturated carbocycles. The molecule has 0 unspecified atom stereocenters. The highest BCUT2D eigenvalue weighted by atomic mass is 16.5. The maximum absolute atomic E-state index is 11.2. The molecule has 0 aromatic rings. The molecule has 2 heterocycles. The highest BCUT2D eigenvalue weighted by molar-refractivity contribution is 5.83. The predicted molar refractivity (Wildman–Crippen MR) is 55.1 cm³/mol. The quantitative estimate of drug-likeness (QED) is 0.507. The van der Waals surface area contributed by atoms with E-state index in [1.807, 2.05) is 6.08 Å². The molecule has 0 bridgehead atoms. The van der Waals surface area contributed by atoms with Gasteiger partial charge in [0.2, 0.25) is 0 Å². The maximum atomic E-state index is 11.2. The van der Waals surface area contributed by atoms with Gasteiger partial charge in [-0.15, -0.1) is 0 Å². The van der Waals surface area contributed by atoms with Gasteiger partial charge in [-0.2, -0.15) is 0 Å². The second-order valence-corrected chi connectivity index (χ2v) is 3.88. The van der Waals surface area contributed by atoms with Crippen LogP contribution in [-0.4, -0.2) is 32.8 Å². The Labute approximate surface area is 88.9 Å². The number of rotatable bonds is 1. The van der Waals surface area contributed by atoms with Gasteiger partial charge in [0.15, 0.2) is 0 Å². The summed E-state index contributed by atoms with van der Waals surface area (Å²) in [6, 6.07) is 0. The van der Waals surface area contributed by atoms with E-state index in [9.17, 15) is 4.79 Å². The molecule has 1 fully saturated rings. The summed E-state index contributed by atoms with van der Waals surface area (Å²) in [5, 5.41) is 3.28. The average Bonchev–Trinajstić information content (AvgIpc) is 2.63. The van der Waals surface area contributed by atoms with Crippen molar-refractivity contribution in [1.82, 2.24) is 5.32 Å². The lowest BCUT2D eigenvalue weighted by atomic mass is 9.79. The van der Waals surface area contributed by atoms with Gasteiger partial charge >= 0.3 is 5.97 Å². The van der Waals surface area contributed by atoms with Crippen molar-refractivity contribution in [3.8, 4) is 0 Å². The second-order valence-electron chi connectivity index (χ2n) is 3.88. The van der Waals surface area contributed by atoms with E-state index < -0.39 is 0 Å². The van der Waals surface area contributed by atoms with Crippen molar-refractivity contribution in [1.29, 1.82) is 0 Å². The molecule has 4 heteroatoms. The number of hydrogen-bond acceptors (Lipinski definition) is 4. The number of ether oxygens (including phenoxy) is 2. The minimum Gasteiger partial charge on any atom is -0.501 e. The van der Waals surface area contributed by atoms with Crippen molar-refractivity contribution >= 4 is 5.97 Å². The molecule has 1 atom stereocenters. The van der Waals surface area contributed by atoms with E-state index in [2.05, 4.69) is 10.1 Å². The first-order chi connectivity index (χ1) is 7.27. The highest BCUT2D eigenvalue weighted by Crippen LogP contribution is 2.38. The summed E-state index contributed by atoms with van der Waals surface area (Å²) in [6.45, 7) is 2.33. The lowest BCUT2D eigenvalue weighted by molar-refractivity contribution is -0.134. The van der Waals surface area contributed by atoms with Gasteiger partial charge in [0.05, 0.1) is 20.0 Å². The highest BCUT2D eigenvalue weighted by Gasteiger charge is 2.37. The topological polar surface area (TPSA) is 47.6 Å². The van der Waals surface area contributed by atoms with Crippen molar-refractivity contribution in [2.75, 3.05) is 26.8 Å². The number of nitrogens with one attached hydrogen (secondary N) is 1. The summed E-state index contributed by atoms with van der Waals surface area (Å²) in [5.41, 5.74) is 1.06. The number of carbonyl (C=O) groups is 1. The van der Waals surface area contributed by atoms with E-state index in [4.69, 9.17) is 4.74 Å². The fourth-order valence-electron chi connectivity index (χ4n) is 2.09. The summed E-state index contributed by atoms with van der Waals surface area (Å²) in [7, 11) is 1.40. The van der Waals surface area contributed by atoms with Crippen LogP contribution in [0.4, 0.5) is 0 Å². The third-order valence-electron chi connectivity index (χ3n) is 3.04. The number of hydrogen-bond donors (Lipinski definition) is 1. The molecule has 0 radical (unpaired) electrons. The minimum absolute atomic E-state index is 0.0353. The van der Waals surface area contributed by atoms with Crippen LogP contribution in [-0.2, 0) is 14.3 Å². The SMILES string of the molecule is COC(=O)/C=C1\CNC[C@]12C=COCC2. The van der Waals surface area contributed by atoms with Crippen molar-refractivity contribution in [3.05, 3.63) is 24.0 Å². The van der Waals surface area contributed by atoms with Crippen molar-refractivity contribution in [2.24, 2.45) is 5.41 Å². The van der Waals surface area contributed by atoms with E-state index in [1.54, 1.807) is 12.3 Å².